The maximum Gasteiger partial charge on any atom is 0.222 e. The third-order valence-corrected chi connectivity index (χ3v) is 6.21. The van der Waals surface area contributed by atoms with E-state index in [1.54, 1.807) is 0 Å². The van der Waals surface area contributed by atoms with Gasteiger partial charge < -0.3 is 20.1 Å². The molecule has 7 nitrogen and oxygen atoms in total. The molecule has 2 atom stereocenters. The van der Waals surface area contributed by atoms with E-state index in [0.717, 1.165) is 35.7 Å². The van der Waals surface area contributed by atoms with Crippen LogP contribution in [0.15, 0.2) is 48.5 Å². The number of nitrogens with one attached hydrogen (secondary N) is 2. The Hall–Kier alpha value is -2.90. The number of amides is 2. The minimum atomic E-state index is -0.103. The van der Waals surface area contributed by atoms with E-state index in [-0.39, 0.29) is 30.4 Å². The molecule has 2 aromatic carbocycles. The van der Waals surface area contributed by atoms with Crippen LogP contribution in [-0.4, -0.2) is 54.5 Å². The first-order chi connectivity index (χ1) is 16.0. The smallest absolute Gasteiger partial charge is 0.222 e. The summed E-state index contributed by atoms with van der Waals surface area (Å²) in [6.07, 6.45) is 1.17. The van der Waals surface area contributed by atoms with E-state index in [0.29, 0.717) is 32.0 Å². The van der Waals surface area contributed by atoms with E-state index < -0.39 is 0 Å². The zero-order valence-corrected chi connectivity index (χ0v) is 19.4. The van der Waals surface area contributed by atoms with Gasteiger partial charge in [0.2, 0.25) is 11.8 Å². The van der Waals surface area contributed by atoms with Crippen molar-refractivity contribution < 1.29 is 19.1 Å². The molecule has 2 aromatic rings. The number of benzene rings is 2. The van der Waals surface area contributed by atoms with Crippen LogP contribution in [0.25, 0.3) is 0 Å². The van der Waals surface area contributed by atoms with Gasteiger partial charge in [-0.15, -0.1) is 0 Å². The Bertz CT molecular complexity index is 960. The third-order valence-electron chi connectivity index (χ3n) is 6.21. The Morgan fingerprint density at radius 1 is 0.909 bits per heavy atom. The van der Waals surface area contributed by atoms with Crippen LogP contribution in [0.1, 0.15) is 37.8 Å². The summed E-state index contributed by atoms with van der Waals surface area (Å²) in [5.74, 6) is 1.38. The number of carbonyl (C=O) groups is 2. The molecule has 0 saturated carbocycles. The molecule has 0 radical (unpaired) electrons. The Morgan fingerprint density at radius 3 is 2.52 bits per heavy atom. The lowest BCUT2D eigenvalue weighted by molar-refractivity contribution is -0.123. The van der Waals surface area contributed by atoms with Crippen molar-refractivity contribution in [2.24, 2.45) is 0 Å². The van der Waals surface area contributed by atoms with Crippen molar-refractivity contribution in [3.63, 3.8) is 0 Å². The fraction of sp³-hybridized carbons (Fsp3) is 0.462. The molecule has 5 rings (SSSR count). The first-order valence-electron chi connectivity index (χ1n) is 11.7. The second-order valence-corrected chi connectivity index (χ2v) is 9.06. The normalized spacial score (nSPS) is 22.9. The summed E-state index contributed by atoms with van der Waals surface area (Å²) in [6, 6.07) is 16.0. The Morgan fingerprint density at radius 2 is 1.73 bits per heavy atom. The molecule has 4 bridgehead atoms. The highest BCUT2D eigenvalue weighted by Gasteiger charge is 2.35. The fourth-order valence-corrected chi connectivity index (χ4v) is 4.24. The van der Waals surface area contributed by atoms with E-state index in [2.05, 4.69) is 29.4 Å². The minimum absolute atomic E-state index is 0.0533. The van der Waals surface area contributed by atoms with Crippen molar-refractivity contribution >= 4 is 11.8 Å². The second-order valence-electron chi connectivity index (χ2n) is 9.06. The maximum atomic E-state index is 12.6. The summed E-state index contributed by atoms with van der Waals surface area (Å²) in [5.41, 5.74) is 2.09. The molecular weight excluding hydrogens is 418 g/mol. The van der Waals surface area contributed by atoms with Crippen LogP contribution in [0.2, 0.25) is 0 Å². The highest BCUT2D eigenvalue weighted by Crippen LogP contribution is 2.24. The number of nitrogens with zero attached hydrogens (tertiary/aromatic N) is 1. The average Bonchev–Trinajstić information content (AvgIpc) is 3.20. The van der Waals surface area contributed by atoms with Crippen LogP contribution in [0, 0.1) is 0 Å². The summed E-state index contributed by atoms with van der Waals surface area (Å²) < 4.78 is 12.3. The predicted molar refractivity (Wildman–Crippen MR) is 126 cm³/mol. The van der Waals surface area contributed by atoms with E-state index >= 15 is 0 Å². The van der Waals surface area contributed by atoms with Crippen molar-refractivity contribution in [2.45, 2.75) is 57.9 Å². The second kappa shape index (κ2) is 10.8. The summed E-state index contributed by atoms with van der Waals surface area (Å²) in [6.45, 7) is 6.58. The lowest BCUT2D eigenvalue weighted by Gasteiger charge is -2.21. The molecular formula is C26H33N3O4. The highest BCUT2D eigenvalue weighted by molar-refractivity contribution is 5.79. The van der Waals surface area contributed by atoms with Gasteiger partial charge >= 0.3 is 0 Å². The monoisotopic (exact) mass is 451 g/mol. The van der Waals surface area contributed by atoms with Crippen molar-refractivity contribution in [3.05, 3.63) is 59.7 Å². The number of hydrogen-bond donors (Lipinski definition) is 2. The first kappa shape index (κ1) is 23.3. The van der Waals surface area contributed by atoms with Gasteiger partial charge in [0, 0.05) is 38.5 Å². The van der Waals surface area contributed by atoms with Gasteiger partial charge in [-0.05, 0) is 55.7 Å². The zero-order chi connectivity index (χ0) is 23.2. The molecule has 0 aromatic heterocycles. The van der Waals surface area contributed by atoms with Crippen molar-refractivity contribution in [1.82, 2.24) is 15.5 Å². The number of aryl methyl sites for hydroxylation is 1. The average molecular weight is 452 g/mol. The van der Waals surface area contributed by atoms with Crippen LogP contribution in [0.4, 0.5) is 0 Å². The number of rotatable bonds is 1. The number of likely N-dealkylation sites (tertiary alicyclic amines) is 1. The topological polar surface area (TPSA) is 79.9 Å². The van der Waals surface area contributed by atoms with Crippen molar-refractivity contribution in [2.75, 3.05) is 19.6 Å². The first-order valence-corrected chi connectivity index (χ1v) is 11.7. The van der Waals surface area contributed by atoms with Gasteiger partial charge in [0.05, 0.1) is 18.8 Å². The van der Waals surface area contributed by atoms with Crippen LogP contribution in [0.3, 0.4) is 0 Å². The maximum absolute atomic E-state index is 12.6. The molecule has 0 spiro atoms. The Labute approximate surface area is 195 Å². The largest absolute Gasteiger partial charge is 0.457 e. The molecule has 1 fully saturated rings. The van der Waals surface area contributed by atoms with Gasteiger partial charge in [-0.3, -0.25) is 14.5 Å². The van der Waals surface area contributed by atoms with E-state index in [4.69, 9.17) is 9.47 Å². The highest BCUT2D eigenvalue weighted by atomic mass is 16.5. The summed E-state index contributed by atoms with van der Waals surface area (Å²) >= 11 is 0. The quantitative estimate of drug-likeness (QED) is 0.697. The molecule has 1 saturated heterocycles. The number of ether oxygens (including phenoxy) is 2. The van der Waals surface area contributed by atoms with E-state index in [1.165, 1.54) is 0 Å². The molecule has 0 aliphatic carbocycles. The van der Waals surface area contributed by atoms with Crippen LogP contribution in [-0.2, 0) is 27.4 Å². The molecule has 3 heterocycles. The van der Waals surface area contributed by atoms with Crippen molar-refractivity contribution in [1.29, 1.82) is 0 Å². The third kappa shape index (κ3) is 6.55. The van der Waals surface area contributed by atoms with Gasteiger partial charge in [-0.2, -0.15) is 0 Å². The molecule has 176 valence electrons. The van der Waals surface area contributed by atoms with Gasteiger partial charge in [-0.1, -0.05) is 24.3 Å². The zero-order valence-electron chi connectivity index (χ0n) is 19.4. The van der Waals surface area contributed by atoms with Gasteiger partial charge in [0.1, 0.15) is 11.5 Å². The minimum Gasteiger partial charge on any atom is -0.457 e. The van der Waals surface area contributed by atoms with E-state index in [9.17, 15) is 9.59 Å². The molecule has 3 aliphatic heterocycles. The molecule has 33 heavy (non-hydrogen) atoms. The SMILES string of the molecule is CC(C)N1C[C@@H]2NC(=O)CCNC(=O)CCc3ccc(cc3)Oc3cccc(c3)CO[C@H]2C1. The van der Waals surface area contributed by atoms with Crippen LogP contribution >= 0.6 is 0 Å². The molecule has 7 heteroatoms. The van der Waals surface area contributed by atoms with Gasteiger partial charge in [0.15, 0.2) is 0 Å². The molecule has 2 N–H and O–H groups in total. The molecule has 0 unspecified atom stereocenters. The number of carbonyl (C=O) groups excluding carboxylic acids is 2. The summed E-state index contributed by atoms with van der Waals surface area (Å²) in [7, 11) is 0. The van der Waals surface area contributed by atoms with Crippen LogP contribution < -0.4 is 15.4 Å². The molecule has 2 amide bonds. The standard InChI is InChI=1S/C26H33N3O4/c1-18(2)29-15-23-24(16-29)32-17-20-4-3-5-22(14-20)33-21-9-6-19(7-10-21)8-11-25(30)27-13-12-26(31)28-23/h3-7,9-10,14,18,23-24H,8,11-13,15-17H2,1-2H3,(H,27,30)(H,28,31)/t23-,24-/m0/s1. The van der Waals surface area contributed by atoms with Gasteiger partial charge in [-0.25, -0.2) is 0 Å². The van der Waals surface area contributed by atoms with Crippen LogP contribution in [0.5, 0.6) is 11.5 Å². The number of hydrogen-bond acceptors (Lipinski definition) is 5. The Balaban J connectivity index is 1.51. The Kier molecular flexibility index (Phi) is 7.62. The fourth-order valence-electron chi connectivity index (χ4n) is 4.24. The van der Waals surface area contributed by atoms with E-state index in [1.807, 2.05) is 48.5 Å². The van der Waals surface area contributed by atoms with Crippen molar-refractivity contribution in [3.8, 4) is 11.5 Å². The lowest BCUT2D eigenvalue weighted by Crippen LogP contribution is -2.45. The van der Waals surface area contributed by atoms with Gasteiger partial charge in [0.25, 0.3) is 0 Å². The predicted octanol–water partition coefficient (Wildman–Crippen LogP) is 3.03. The lowest BCUT2D eigenvalue weighted by atomic mass is 10.1. The number of fused-ring (bicyclic) bond motifs is 10. The molecule has 3 aliphatic rings. The summed E-state index contributed by atoms with van der Waals surface area (Å²) in [4.78, 5) is 27.0. The summed E-state index contributed by atoms with van der Waals surface area (Å²) in [5, 5.41) is 5.97.